The van der Waals surface area contributed by atoms with Crippen LogP contribution in [0.4, 0.5) is 0 Å². The number of unbranched alkanes of at least 4 members (excludes halogenated alkanes) is 9. The van der Waals surface area contributed by atoms with E-state index in [9.17, 15) is 10.1 Å². The van der Waals surface area contributed by atoms with Crippen molar-refractivity contribution < 1.29 is 4.92 Å². The molecular formula is C12H25NO2S. The van der Waals surface area contributed by atoms with E-state index >= 15 is 0 Å². The van der Waals surface area contributed by atoms with Crippen LogP contribution in [0, 0.1) is 10.1 Å². The monoisotopic (exact) mass is 247 g/mol. The third-order valence-electron chi connectivity index (χ3n) is 2.75. The van der Waals surface area contributed by atoms with Crippen molar-refractivity contribution in [2.45, 2.75) is 64.2 Å². The largest absolute Gasteiger partial charge is 0.265 e. The summed E-state index contributed by atoms with van der Waals surface area (Å²) in [6.45, 7) is 0.143. The standard InChI is InChI=1S/C12H25NO2S/c14-13(15)11-9-7-5-3-1-2-4-6-8-10-12-16/h16H,1-12H2. The summed E-state index contributed by atoms with van der Waals surface area (Å²) in [6.07, 6.45) is 12.0. The van der Waals surface area contributed by atoms with Gasteiger partial charge in [-0.2, -0.15) is 12.6 Å². The van der Waals surface area contributed by atoms with Gasteiger partial charge in [-0.25, -0.2) is 0 Å². The highest BCUT2D eigenvalue weighted by atomic mass is 32.1. The van der Waals surface area contributed by atoms with E-state index in [1.807, 2.05) is 0 Å². The first kappa shape index (κ1) is 15.8. The molecule has 0 amide bonds. The molecule has 0 aromatic heterocycles. The minimum absolute atomic E-state index is 0.143. The maximum atomic E-state index is 10.1. The average Bonchev–Trinajstić information content (AvgIpc) is 2.25. The van der Waals surface area contributed by atoms with Crippen molar-refractivity contribution in [1.29, 1.82) is 0 Å². The van der Waals surface area contributed by atoms with Crippen LogP contribution in [-0.2, 0) is 0 Å². The molecule has 0 heterocycles. The lowest BCUT2D eigenvalue weighted by atomic mass is 10.1. The summed E-state index contributed by atoms with van der Waals surface area (Å²) >= 11 is 4.18. The first-order valence-corrected chi connectivity index (χ1v) is 7.13. The lowest BCUT2D eigenvalue weighted by molar-refractivity contribution is -0.480. The molecule has 0 fully saturated rings. The van der Waals surface area contributed by atoms with Crippen LogP contribution < -0.4 is 0 Å². The number of hydrogen-bond acceptors (Lipinski definition) is 3. The van der Waals surface area contributed by atoms with Gasteiger partial charge in [0, 0.05) is 11.3 Å². The SMILES string of the molecule is O=[N+]([O-])CCCCCCCCCCCCS. The van der Waals surface area contributed by atoms with Crippen molar-refractivity contribution in [2.75, 3.05) is 12.3 Å². The maximum Gasteiger partial charge on any atom is 0.203 e. The first-order chi connectivity index (χ1) is 7.77. The molecule has 0 saturated carbocycles. The fourth-order valence-electron chi connectivity index (χ4n) is 1.77. The van der Waals surface area contributed by atoms with E-state index in [2.05, 4.69) is 12.6 Å². The van der Waals surface area contributed by atoms with Crippen molar-refractivity contribution in [2.24, 2.45) is 0 Å². The molecule has 0 unspecified atom stereocenters. The molecule has 0 rings (SSSR count). The van der Waals surface area contributed by atoms with Crippen LogP contribution in [0.25, 0.3) is 0 Å². The molecule has 0 aliphatic carbocycles. The lowest BCUT2D eigenvalue weighted by Crippen LogP contribution is -1.99. The molecule has 0 radical (unpaired) electrons. The summed E-state index contributed by atoms with van der Waals surface area (Å²) in [5.41, 5.74) is 0. The quantitative estimate of drug-likeness (QED) is 0.244. The summed E-state index contributed by atoms with van der Waals surface area (Å²) in [6, 6.07) is 0. The van der Waals surface area contributed by atoms with Gasteiger partial charge in [0.1, 0.15) is 0 Å². The van der Waals surface area contributed by atoms with Gasteiger partial charge in [0.05, 0.1) is 0 Å². The van der Waals surface area contributed by atoms with Crippen molar-refractivity contribution >= 4 is 12.6 Å². The number of hydrogen-bond donors (Lipinski definition) is 1. The van der Waals surface area contributed by atoms with Crippen LogP contribution in [0.3, 0.4) is 0 Å². The van der Waals surface area contributed by atoms with Gasteiger partial charge in [-0.3, -0.25) is 10.1 Å². The van der Waals surface area contributed by atoms with Gasteiger partial charge in [0.25, 0.3) is 0 Å². The van der Waals surface area contributed by atoms with Crippen molar-refractivity contribution in [3.05, 3.63) is 10.1 Å². The van der Waals surface area contributed by atoms with Crippen molar-refractivity contribution in [3.8, 4) is 0 Å². The zero-order chi connectivity index (χ0) is 12.1. The Morgan fingerprint density at radius 3 is 1.50 bits per heavy atom. The number of thiol groups is 1. The van der Waals surface area contributed by atoms with Gasteiger partial charge in [-0.05, 0) is 18.6 Å². The molecule has 16 heavy (non-hydrogen) atoms. The van der Waals surface area contributed by atoms with Gasteiger partial charge in [-0.15, -0.1) is 0 Å². The predicted molar refractivity (Wildman–Crippen MR) is 71.9 cm³/mol. The molecule has 0 aliphatic rings. The molecule has 0 bridgehead atoms. The zero-order valence-corrected chi connectivity index (χ0v) is 11.1. The van der Waals surface area contributed by atoms with E-state index in [0.29, 0.717) is 0 Å². The van der Waals surface area contributed by atoms with Gasteiger partial charge in [-0.1, -0.05) is 44.9 Å². The Morgan fingerprint density at radius 1 is 0.750 bits per heavy atom. The molecular weight excluding hydrogens is 222 g/mol. The Balaban J connectivity index is 2.90. The topological polar surface area (TPSA) is 43.1 Å². The van der Waals surface area contributed by atoms with Crippen LogP contribution in [0.5, 0.6) is 0 Å². The molecule has 0 N–H and O–H groups in total. The van der Waals surface area contributed by atoms with Crippen LogP contribution >= 0.6 is 12.6 Å². The van der Waals surface area contributed by atoms with Gasteiger partial charge >= 0.3 is 0 Å². The first-order valence-electron chi connectivity index (χ1n) is 6.50. The van der Waals surface area contributed by atoms with Crippen LogP contribution in [-0.4, -0.2) is 17.2 Å². The lowest BCUT2D eigenvalue weighted by Gasteiger charge is -2.01. The molecule has 0 aromatic rings. The molecule has 4 heteroatoms. The van der Waals surface area contributed by atoms with E-state index in [0.717, 1.165) is 25.0 Å². The second-order valence-corrected chi connectivity index (χ2v) is 4.76. The van der Waals surface area contributed by atoms with Crippen LogP contribution in [0.2, 0.25) is 0 Å². The normalized spacial score (nSPS) is 10.6. The molecule has 0 saturated heterocycles. The average molecular weight is 247 g/mol. The minimum Gasteiger partial charge on any atom is -0.265 e. The Labute approximate surface area is 105 Å². The van der Waals surface area contributed by atoms with E-state index in [-0.39, 0.29) is 11.5 Å². The number of nitro groups is 1. The maximum absolute atomic E-state index is 10.1. The summed E-state index contributed by atoms with van der Waals surface area (Å²) in [5.74, 6) is 1.01. The van der Waals surface area contributed by atoms with E-state index < -0.39 is 0 Å². The van der Waals surface area contributed by atoms with Crippen LogP contribution in [0.1, 0.15) is 64.2 Å². The molecule has 0 aromatic carbocycles. The third-order valence-corrected chi connectivity index (χ3v) is 3.07. The van der Waals surface area contributed by atoms with Crippen molar-refractivity contribution in [1.82, 2.24) is 0 Å². The minimum atomic E-state index is -0.221. The highest BCUT2D eigenvalue weighted by Gasteiger charge is 1.96. The molecule has 3 nitrogen and oxygen atoms in total. The van der Waals surface area contributed by atoms with Crippen LogP contribution in [0.15, 0.2) is 0 Å². The Hall–Kier alpha value is -0.250. The van der Waals surface area contributed by atoms with E-state index in [1.54, 1.807) is 0 Å². The van der Waals surface area contributed by atoms with E-state index in [1.165, 1.54) is 44.9 Å². The molecule has 0 spiro atoms. The Bertz CT molecular complexity index is 165. The zero-order valence-electron chi connectivity index (χ0n) is 10.2. The predicted octanol–water partition coefficient (Wildman–Crippen LogP) is 4.09. The van der Waals surface area contributed by atoms with Crippen molar-refractivity contribution in [3.63, 3.8) is 0 Å². The smallest absolute Gasteiger partial charge is 0.203 e. The summed E-state index contributed by atoms with van der Waals surface area (Å²) < 4.78 is 0. The van der Waals surface area contributed by atoms with Gasteiger partial charge < -0.3 is 0 Å². The molecule has 96 valence electrons. The number of rotatable bonds is 12. The number of nitrogens with zero attached hydrogens (tertiary/aromatic N) is 1. The highest BCUT2D eigenvalue weighted by Crippen LogP contribution is 2.10. The summed E-state index contributed by atoms with van der Waals surface area (Å²) in [7, 11) is 0. The van der Waals surface area contributed by atoms with E-state index in [4.69, 9.17) is 0 Å². The second-order valence-electron chi connectivity index (χ2n) is 4.32. The summed E-state index contributed by atoms with van der Waals surface area (Å²) in [4.78, 5) is 9.84. The third kappa shape index (κ3) is 13.8. The second kappa shape index (κ2) is 12.8. The Morgan fingerprint density at radius 2 is 1.12 bits per heavy atom. The summed E-state index contributed by atoms with van der Waals surface area (Å²) in [5, 5.41) is 10.1. The fourth-order valence-corrected chi connectivity index (χ4v) is 1.99. The Kier molecular flexibility index (Phi) is 12.6. The molecule has 0 aliphatic heterocycles. The molecule has 0 atom stereocenters. The highest BCUT2D eigenvalue weighted by molar-refractivity contribution is 7.80. The van der Waals surface area contributed by atoms with Gasteiger partial charge in [0.15, 0.2) is 0 Å². The van der Waals surface area contributed by atoms with Gasteiger partial charge in [0.2, 0.25) is 6.54 Å². The fraction of sp³-hybridized carbons (Fsp3) is 1.00.